The van der Waals surface area contributed by atoms with E-state index in [0.29, 0.717) is 22.3 Å². The maximum Gasteiger partial charge on any atom is 0.262 e. The number of hydrogen-bond donors (Lipinski definition) is 1. The maximum absolute atomic E-state index is 13.7. The quantitative estimate of drug-likeness (QED) is 0.380. The molecule has 5 aromatic rings. The third-order valence-corrected chi connectivity index (χ3v) is 6.58. The molecule has 0 radical (unpaired) electrons. The number of rotatable bonds is 4. The minimum Gasteiger partial charge on any atom is -0.360 e. The molecule has 148 valence electrons. The number of nitrogens with one attached hydrogen (secondary N) is 1. The number of thiazole rings is 1. The lowest BCUT2D eigenvalue weighted by molar-refractivity contribution is 0.0986. The van der Waals surface area contributed by atoms with Crippen LogP contribution in [0.1, 0.15) is 21.5 Å². The lowest BCUT2D eigenvalue weighted by Gasteiger charge is -2.19. The number of H-pyrrole nitrogens is 1. The van der Waals surface area contributed by atoms with Gasteiger partial charge in [0.2, 0.25) is 0 Å². The van der Waals surface area contributed by atoms with Crippen LogP contribution in [0.3, 0.4) is 0 Å². The number of pyridine rings is 1. The Morgan fingerprint density at radius 3 is 2.83 bits per heavy atom. The van der Waals surface area contributed by atoms with E-state index in [1.54, 1.807) is 23.5 Å². The van der Waals surface area contributed by atoms with Crippen molar-refractivity contribution >= 4 is 55.1 Å². The first-order valence-electron chi connectivity index (χ1n) is 9.44. The zero-order valence-electron chi connectivity index (χ0n) is 16.1. The second-order valence-electron chi connectivity index (χ2n) is 7.04. The number of amides is 1. The summed E-state index contributed by atoms with van der Waals surface area (Å²) in [6.45, 7) is 2.36. The van der Waals surface area contributed by atoms with Crippen LogP contribution in [0.5, 0.6) is 0 Å². The van der Waals surface area contributed by atoms with Crippen LogP contribution >= 0.6 is 22.9 Å². The van der Waals surface area contributed by atoms with Crippen molar-refractivity contribution in [1.29, 1.82) is 0 Å². The largest absolute Gasteiger partial charge is 0.360 e. The summed E-state index contributed by atoms with van der Waals surface area (Å²) in [5, 5.41) is 2.13. The second-order valence-corrected chi connectivity index (χ2v) is 8.42. The number of nitrogens with zero attached hydrogens (tertiary/aromatic N) is 3. The van der Waals surface area contributed by atoms with Gasteiger partial charge in [0.05, 0.1) is 27.3 Å². The molecule has 0 unspecified atom stereocenters. The first kappa shape index (κ1) is 18.8. The molecule has 0 spiro atoms. The van der Waals surface area contributed by atoms with Crippen molar-refractivity contribution in [2.24, 2.45) is 0 Å². The highest BCUT2D eigenvalue weighted by Gasteiger charge is 2.25. The molecule has 0 atom stereocenters. The number of carbonyl (C=O) groups is 1. The number of benzene rings is 2. The monoisotopic (exact) mass is 432 g/mol. The Morgan fingerprint density at radius 1 is 1.17 bits per heavy atom. The predicted octanol–water partition coefficient (Wildman–Crippen LogP) is 5.98. The molecule has 3 heterocycles. The van der Waals surface area contributed by atoms with E-state index in [0.717, 1.165) is 32.2 Å². The average molecular weight is 433 g/mol. The molecular formula is C23H17ClN4OS. The van der Waals surface area contributed by atoms with Gasteiger partial charge < -0.3 is 4.98 Å². The van der Waals surface area contributed by atoms with Gasteiger partial charge in [-0.3, -0.25) is 14.7 Å². The van der Waals surface area contributed by atoms with Gasteiger partial charge in [-0.15, -0.1) is 0 Å². The van der Waals surface area contributed by atoms with Crippen LogP contribution in [0.4, 0.5) is 5.13 Å². The summed E-state index contributed by atoms with van der Waals surface area (Å²) in [7, 11) is 0. The molecule has 2 aromatic carbocycles. The van der Waals surface area contributed by atoms with Gasteiger partial charge in [-0.25, -0.2) is 4.98 Å². The number of hydrogen-bond acceptors (Lipinski definition) is 4. The van der Waals surface area contributed by atoms with Crippen LogP contribution in [-0.4, -0.2) is 20.9 Å². The molecule has 3 aromatic heterocycles. The molecule has 0 saturated carbocycles. The number of carbonyl (C=O) groups excluding carboxylic acids is 1. The van der Waals surface area contributed by atoms with Gasteiger partial charge in [0.25, 0.3) is 5.91 Å². The molecule has 0 aliphatic carbocycles. The summed E-state index contributed by atoms with van der Waals surface area (Å²) in [5.41, 5.74) is 4.30. The van der Waals surface area contributed by atoms with Crippen molar-refractivity contribution in [3.05, 3.63) is 88.8 Å². The number of aryl methyl sites for hydroxylation is 1. The fourth-order valence-corrected chi connectivity index (χ4v) is 4.81. The number of anilines is 1. The number of halogens is 1. The minimum atomic E-state index is -0.121. The third-order valence-electron chi connectivity index (χ3n) is 5.05. The fraction of sp³-hybridized carbons (Fsp3) is 0.0870. The van der Waals surface area contributed by atoms with Gasteiger partial charge in [-0.05, 0) is 36.2 Å². The molecule has 0 aliphatic rings. The zero-order valence-corrected chi connectivity index (χ0v) is 17.7. The molecule has 1 N–H and O–H groups in total. The normalized spacial score (nSPS) is 11.3. The molecule has 1 amide bonds. The molecule has 0 bridgehead atoms. The van der Waals surface area contributed by atoms with Crippen LogP contribution in [0.25, 0.3) is 21.1 Å². The van der Waals surface area contributed by atoms with Gasteiger partial charge in [-0.2, -0.15) is 0 Å². The van der Waals surface area contributed by atoms with Crippen molar-refractivity contribution < 1.29 is 4.79 Å². The highest BCUT2D eigenvalue weighted by molar-refractivity contribution is 7.23. The SMILES string of the molecule is Cc1ccc(Cl)c2sc(N(Cc3cccnc3)C(=O)c3c[nH]c4ccccc34)nc12. The molecule has 0 fully saturated rings. The molecular weight excluding hydrogens is 416 g/mol. The molecule has 30 heavy (non-hydrogen) atoms. The Labute approximate surface area is 182 Å². The molecule has 7 heteroatoms. The standard InChI is InChI=1S/C23H17ClN4OS/c1-14-8-9-18(24)21-20(14)27-23(30-21)28(13-15-5-4-10-25-11-15)22(29)17-12-26-19-7-3-2-6-16(17)19/h2-12,26H,13H2,1H3. The van der Waals surface area contributed by atoms with Crippen molar-refractivity contribution in [3.8, 4) is 0 Å². The summed E-state index contributed by atoms with van der Waals surface area (Å²) < 4.78 is 0.884. The summed E-state index contributed by atoms with van der Waals surface area (Å²) >= 11 is 7.84. The van der Waals surface area contributed by atoms with E-state index in [9.17, 15) is 4.79 Å². The van der Waals surface area contributed by atoms with E-state index in [1.807, 2.05) is 55.5 Å². The van der Waals surface area contributed by atoms with E-state index in [1.165, 1.54) is 11.3 Å². The molecule has 5 nitrogen and oxygen atoms in total. The first-order chi connectivity index (χ1) is 14.6. The third kappa shape index (κ3) is 3.24. The summed E-state index contributed by atoms with van der Waals surface area (Å²) in [5.74, 6) is -0.121. The molecule has 0 saturated heterocycles. The van der Waals surface area contributed by atoms with Gasteiger partial charge in [0.15, 0.2) is 5.13 Å². The van der Waals surface area contributed by atoms with Crippen molar-refractivity contribution in [1.82, 2.24) is 15.0 Å². The lowest BCUT2D eigenvalue weighted by atomic mass is 10.1. The van der Waals surface area contributed by atoms with Crippen LogP contribution in [0.2, 0.25) is 5.02 Å². The highest BCUT2D eigenvalue weighted by atomic mass is 35.5. The Balaban J connectivity index is 1.65. The van der Waals surface area contributed by atoms with Gasteiger partial charge in [0.1, 0.15) is 0 Å². The topological polar surface area (TPSA) is 61.9 Å². The van der Waals surface area contributed by atoms with Crippen molar-refractivity contribution in [2.75, 3.05) is 4.90 Å². The fourth-order valence-electron chi connectivity index (χ4n) is 3.50. The molecule has 0 aliphatic heterocycles. The second kappa shape index (κ2) is 7.55. The van der Waals surface area contributed by atoms with Crippen LogP contribution in [-0.2, 0) is 6.54 Å². The van der Waals surface area contributed by atoms with Crippen molar-refractivity contribution in [3.63, 3.8) is 0 Å². The van der Waals surface area contributed by atoms with E-state index >= 15 is 0 Å². The van der Waals surface area contributed by atoms with Crippen molar-refractivity contribution in [2.45, 2.75) is 13.5 Å². The molecule has 5 rings (SSSR count). The lowest BCUT2D eigenvalue weighted by Crippen LogP contribution is -2.30. The summed E-state index contributed by atoms with van der Waals surface area (Å²) in [6, 6.07) is 15.4. The van der Waals surface area contributed by atoms with E-state index in [2.05, 4.69) is 9.97 Å². The van der Waals surface area contributed by atoms with E-state index in [-0.39, 0.29) is 5.91 Å². The Hall–Kier alpha value is -3.22. The zero-order chi connectivity index (χ0) is 20.7. The number of para-hydroxylation sites is 1. The minimum absolute atomic E-state index is 0.121. The van der Waals surface area contributed by atoms with E-state index < -0.39 is 0 Å². The van der Waals surface area contributed by atoms with Gasteiger partial charge >= 0.3 is 0 Å². The summed E-state index contributed by atoms with van der Waals surface area (Å²) in [6.07, 6.45) is 5.24. The Kier molecular flexibility index (Phi) is 4.73. The Morgan fingerprint density at radius 2 is 2.03 bits per heavy atom. The Bertz CT molecular complexity index is 1340. The predicted molar refractivity (Wildman–Crippen MR) is 122 cm³/mol. The van der Waals surface area contributed by atoms with Crippen LogP contribution < -0.4 is 4.90 Å². The van der Waals surface area contributed by atoms with Crippen LogP contribution in [0.15, 0.2) is 67.1 Å². The smallest absolute Gasteiger partial charge is 0.262 e. The number of aromatic nitrogens is 3. The van der Waals surface area contributed by atoms with Crippen LogP contribution in [0, 0.1) is 6.92 Å². The number of fused-ring (bicyclic) bond motifs is 2. The highest BCUT2D eigenvalue weighted by Crippen LogP contribution is 2.37. The maximum atomic E-state index is 13.7. The van der Waals surface area contributed by atoms with Gasteiger partial charge in [0, 0.05) is 29.5 Å². The van der Waals surface area contributed by atoms with Gasteiger partial charge in [-0.1, -0.05) is 53.3 Å². The first-order valence-corrected chi connectivity index (χ1v) is 10.6. The number of aromatic amines is 1. The van der Waals surface area contributed by atoms with E-state index in [4.69, 9.17) is 16.6 Å². The average Bonchev–Trinajstić information content (AvgIpc) is 3.40. The summed E-state index contributed by atoms with van der Waals surface area (Å²) in [4.78, 5) is 27.6.